The number of alkyl halides is 2. The average Bonchev–Trinajstić information content (AvgIpc) is 3.11. The first-order valence-corrected chi connectivity index (χ1v) is 10.6. The molecular weight excluding hydrogens is 418 g/mol. The number of rotatable bonds is 7. The fourth-order valence-corrected chi connectivity index (χ4v) is 4.68. The maximum atomic E-state index is 12.9. The summed E-state index contributed by atoms with van der Waals surface area (Å²) in [6.07, 6.45) is 1.27. The summed E-state index contributed by atoms with van der Waals surface area (Å²) in [6, 6.07) is 7.07. The van der Waals surface area contributed by atoms with Gasteiger partial charge >= 0.3 is 0 Å². The topological polar surface area (TPSA) is 84.8 Å². The molecule has 0 radical (unpaired) electrons. The molecule has 0 bridgehead atoms. The number of pyridine rings is 1. The Balaban J connectivity index is 1.36. The number of aromatic nitrogens is 3. The molecule has 3 heterocycles. The SMILES string of the molecule is Cc1nc(SCC(=O)c2ccc(CNC(=O)C3CC3(F)F)s2)c2cccnc2n1. The minimum atomic E-state index is -2.88. The van der Waals surface area contributed by atoms with E-state index in [1.54, 1.807) is 31.3 Å². The average molecular weight is 434 g/mol. The number of thiophene rings is 1. The number of ketones is 1. The Morgan fingerprint density at radius 2 is 2.10 bits per heavy atom. The van der Waals surface area contributed by atoms with E-state index >= 15 is 0 Å². The first-order valence-electron chi connectivity index (χ1n) is 8.83. The Labute approximate surface area is 173 Å². The van der Waals surface area contributed by atoms with Crippen LogP contribution in [0.15, 0.2) is 35.5 Å². The van der Waals surface area contributed by atoms with Gasteiger partial charge in [0.1, 0.15) is 16.8 Å². The van der Waals surface area contributed by atoms with Crippen molar-refractivity contribution in [2.45, 2.75) is 30.8 Å². The van der Waals surface area contributed by atoms with Crippen molar-refractivity contribution in [2.75, 3.05) is 5.75 Å². The third-order valence-corrected chi connectivity index (χ3v) is 6.52. The summed E-state index contributed by atoms with van der Waals surface area (Å²) in [5.41, 5.74) is 0.588. The molecule has 0 aliphatic heterocycles. The predicted molar refractivity (Wildman–Crippen MR) is 106 cm³/mol. The van der Waals surface area contributed by atoms with Crippen molar-refractivity contribution in [3.05, 3.63) is 46.0 Å². The number of nitrogens with zero attached hydrogens (tertiary/aromatic N) is 3. The van der Waals surface area contributed by atoms with Gasteiger partial charge in [-0.15, -0.1) is 11.3 Å². The summed E-state index contributed by atoms with van der Waals surface area (Å²) in [5, 5.41) is 4.00. The summed E-state index contributed by atoms with van der Waals surface area (Å²) in [4.78, 5) is 38.4. The first kappa shape index (κ1) is 19.8. The molecular formula is C19H16F2N4O2S2. The van der Waals surface area contributed by atoms with E-state index in [0.29, 0.717) is 21.4 Å². The predicted octanol–water partition coefficient (Wildman–Crippen LogP) is 3.64. The normalized spacial score (nSPS) is 17.3. The highest BCUT2D eigenvalue weighted by molar-refractivity contribution is 8.00. The van der Waals surface area contributed by atoms with Crippen molar-refractivity contribution in [1.29, 1.82) is 0 Å². The smallest absolute Gasteiger partial charge is 0.260 e. The second-order valence-corrected chi connectivity index (χ2v) is 8.80. The zero-order chi connectivity index (χ0) is 20.6. The Morgan fingerprint density at radius 3 is 2.86 bits per heavy atom. The first-order chi connectivity index (χ1) is 13.8. The monoisotopic (exact) mass is 434 g/mol. The second-order valence-electron chi connectivity index (χ2n) is 6.66. The van der Waals surface area contributed by atoms with Crippen LogP contribution in [0.5, 0.6) is 0 Å². The highest BCUT2D eigenvalue weighted by Crippen LogP contribution is 2.48. The third kappa shape index (κ3) is 4.43. The van der Waals surface area contributed by atoms with Crippen molar-refractivity contribution in [3.8, 4) is 0 Å². The minimum Gasteiger partial charge on any atom is -0.351 e. The highest BCUT2D eigenvalue weighted by atomic mass is 32.2. The number of aryl methyl sites for hydroxylation is 1. The zero-order valence-electron chi connectivity index (χ0n) is 15.3. The maximum absolute atomic E-state index is 12.9. The molecule has 1 saturated carbocycles. The number of nitrogens with one attached hydrogen (secondary N) is 1. The van der Waals surface area contributed by atoms with Gasteiger partial charge in [-0.1, -0.05) is 11.8 Å². The molecule has 10 heteroatoms. The Hall–Kier alpha value is -2.46. The van der Waals surface area contributed by atoms with E-state index in [2.05, 4.69) is 20.3 Å². The highest BCUT2D eigenvalue weighted by Gasteiger charge is 2.61. The zero-order valence-corrected chi connectivity index (χ0v) is 16.9. The molecule has 4 rings (SSSR count). The van der Waals surface area contributed by atoms with Crippen LogP contribution in [0.4, 0.5) is 8.78 Å². The number of fused-ring (bicyclic) bond motifs is 1. The second kappa shape index (κ2) is 7.75. The van der Waals surface area contributed by atoms with E-state index in [-0.39, 0.29) is 18.1 Å². The van der Waals surface area contributed by atoms with Gasteiger partial charge in [0.15, 0.2) is 11.4 Å². The van der Waals surface area contributed by atoms with E-state index < -0.39 is 24.2 Å². The van der Waals surface area contributed by atoms with Gasteiger partial charge in [0, 0.05) is 17.5 Å². The van der Waals surface area contributed by atoms with Crippen molar-refractivity contribution >= 4 is 45.8 Å². The van der Waals surface area contributed by atoms with E-state index in [1.807, 2.05) is 6.07 Å². The van der Waals surface area contributed by atoms with Gasteiger partial charge in [0.2, 0.25) is 5.91 Å². The van der Waals surface area contributed by atoms with Crippen molar-refractivity contribution < 1.29 is 18.4 Å². The molecule has 1 N–H and O–H groups in total. The Kier molecular flexibility index (Phi) is 5.30. The van der Waals surface area contributed by atoms with Gasteiger partial charge in [-0.05, 0) is 31.2 Å². The van der Waals surface area contributed by atoms with Crippen LogP contribution in [0.3, 0.4) is 0 Å². The van der Waals surface area contributed by atoms with Crippen LogP contribution in [0.1, 0.15) is 26.8 Å². The molecule has 150 valence electrons. The largest absolute Gasteiger partial charge is 0.351 e. The number of hydrogen-bond donors (Lipinski definition) is 1. The lowest BCUT2D eigenvalue weighted by Crippen LogP contribution is -2.26. The van der Waals surface area contributed by atoms with Crippen molar-refractivity contribution in [2.24, 2.45) is 5.92 Å². The van der Waals surface area contributed by atoms with Gasteiger partial charge in [0.25, 0.3) is 5.92 Å². The summed E-state index contributed by atoms with van der Waals surface area (Å²) in [6.45, 7) is 1.91. The molecule has 3 aromatic heterocycles. The van der Waals surface area contributed by atoms with Crippen LogP contribution < -0.4 is 5.32 Å². The summed E-state index contributed by atoms with van der Waals surface area (Å²) in [5.74, 6) is -4.04. The fraction of sp³-hybridized carbons (Fsp3) is 0.316. The number of amides is 1. The molecule has 1 aliphatic rings. The fourth-order valence-electron chi connectivity index (χ4n) is 2.77. The number of Topliss-reactive ketones (excluding diaryl/α,β-unsaturated/α-hetero) is 1. The molecule has 0 spiro atoms. The van der Waals surface area contributed by atoms with Crippen LogP contribution in [0.25, 0.3) is 11.0 Å². The molecule has 6 nitrogen and oxygen atoms in total. The van der Waals surface area contributed by atoms with Crippen molar-refractivity contribution in [1.82, 2.24) is 20.3 Å². The Morgan fingerprint density at radius 1 is 1.31 bits per heavy atom. The number of halogens is 2. The van der Waals surface area contributed by atoms with E-state index in [1.165, 1.54) is 23.1 Å². The number of hydrogen-bond acceptors (Lipinski definition) is 7. The lowest BCUT2D eigenvalue weighted by molar-refractivity contribution is -0.124. The van der Waals surface area contributed by atoms with Gasteiger partial charge in [-0.25, -0.2) is 23.7 Å². The molecule has 1 aliphatic carbocycles. The molecule has 1 unspecified atom stereocenters. The van der Waals surface area contributed by atoms with Crippen LogP contribution in [0.2, 0.25) is 0 Å². The van der Waals surface area contributed by atoms with Gasteiger partial charge in [0.05, 0.1) is 22.6 Å². The van der Waals surface area contributed by atoms with E-state index in [9.17, 15) is 18.4 Å². The molecule has 1 fully saturated rings. The number of carbonyl (C=O) groups is 2. The molecule has 29 heavy (non-hydrogen) atoms. The lowest BCUT2D eigenvalue weighted by atomic mass is 10.3. The maximum Gasteiger partial charge on any atom is 0.260 e. The molecule has 0 aromatic carbocycles. The standard InChI is InChI=1S/C19H16F2N4O2S2/c1-10-24-16-12(3-2-6-22-16)18(25-10)28-9-14(26)15-5-4-11(29-15)8-23-17(27)13-7-19(13,20)21/h2-6,13H,7-9H2,1H3,(H,23,27). The van der Waals surface area contributed by atoms with Crippen molar-refractivity contribution in [3.63, 3.8) is 0 Å². The van der Waals surface area contributed by atoms with Gasteiger partial charge in [-0.3, -0.25) is 9.59 Å². The molecule has 1 atom stereocenters. The van der Waals surface area contributed by atoms with Gasteiger partial charge in [-0.2, -0.15) is 0 Å². The third-order valence-electron chi connectivity index (χ3n) is 4.40. The minimum absolute atomic E-state index is 0.0698. The lowest BCUT2D eigenvalue weighted by Gasteiger charge is -2.05. The number of carbonyl (C=O) groups excluding carboxylic acids is 2. The van der Waals surface area contributed by atoms with Crippen LogP contribution in [-0.4, -0.2) is 38.3 Å². The van der Waals surface area contributed by atoms with E-state index in [0.717, 1.165) is 10.3 Å². The van der Waals surface area contributed by atoms with Crippen LogP contribution in [0, 0.1) is 12.8 Å². The molecule has 3 aromatic rings. The van der Waals surface area contributed by atoms with Crippen LogP contribution >= 0.6 is 23.1 Å². The summed E-state index contributed by atoms with van der Waals surface area (Å²) < 4.78 is 25.8. The quantitative estimate of drug-likeness (QED) is 0.347. The number of thioether (sulfide) groups is 1. The van der Waals surface area contributed by atoms with Gasteiger partial charge < -0.3 is 5.32 Å². The summed E-state index contributed by atoms with van der Waals surface area (Å²) in [7, 11) is 0. The summed E-state index contributed by atoms with van der Waals surface area (Å²) >= 11 is 2.57. The van der Waals surface area contributed by atoms with E-state index in [4.69, 9.17) is 0 Å². The van der Waals surface area contributed by atoms with Crippen LogP contribution in [-0.2, 0) is 11.3 Å². The molecule has 0 saturated heterocycles. The molecule has 1 amide bonds. The Bertz CT molecular complexity index is 1100.